The molecule has 21 heavy (non-hydrogen) atoms. The largest absolute Gasteiger partial charge is 0.297 e. The molecule has 3 rings (SSSR count). The molecule has 0 aliphatic heterocycles. The van der Waals surface area contributed by atoms with Gasteiger partial charge in [0.25, 0.3) is 5.69 Å². The van der Waals surface area contributed by atoms with Gasteiger partial charge in [-0.2, -0.15) is 0 Å². The number of nitro benzene ring substituents is 1. The summed E-state index contributed by atoms with van der Waals surface area (Å²) in [6, 6.07) is 10.2. The maximum absolute atomic E-state index is 11.4. The minimum atomic E-state index is -0.435. The summed E-state index contributed by atoms with van der Waals surface area (Å²) in [5.41, 5.74) is 2.58. The quantitative estimate of drug-likeness (QED) is 0.420. The first kappa shape index (κ1) is 13.0. The fourth-order valence-corrected chi connectivity index (χ4v) is 2.29. The number of aryl methyl sites for hydroxylation is 1. The standard InChI is InChI=1S/C15H11N3O3/c1-10-5-6-11(8-12(10)18(20)21)15-13(9-19)17-7-3-2-4-14(17)16-15/h2-9H,1H3. The number of aromatic nitrogens is 2. The average molecular weight is 281 g/mol. The molecule has 0 N–H and O–H groups in total. The molecule has 1 aromatic carbocycles. The van der Waals surface area contributed by atoms with Crippen LogP contribution < -0.4 is 0 Å². The Morgan fingerprint density at radius 3 is 2.81 bits per heavy atom. The van der Waals surface area contributed by atoms with Crippen molar-refractivity contribution in [3.8, 4) is 11.3 Å². The molecule has 0 fully saturated rings. The van der Waals surface area contributed by atoms with Gasteiger partial charge in [-0.3, -0.25) is 19.3 Å². The van der Waals surface area contributed by atoms with E-state index in [-0.39, 0.29) is 5.69 Å². The lowest BCUT2D eigenvalue weighted by Crippen LogP contribution is -1.94. The molecule has 0 aliphatic rings. The van der Waals surface area contributed by atoms with Crippen molar-refractivity contribution in [3.05, 3.63) is 64.0 Å². The van der Waals surface area contributed by atoms with Crippen molar-refractivity contribution in [2.24, 2.45) is 0 Å². The van der Waals surface area contributed by atoms with Gasteiger partial charge in [0.1, 0.15) is 17.0 Å². The summed E-state index contributed by atoms with van der Waals surface area (Å²) in [6.07, 6.45) is 2.44. The van der Waals surface area contributed by atoms with Gasteiger partial charge in [0.05, 0.1) is 4.92 Å². The van der Waals surface area contributed by atoms with Crippen LogP contribution in [0.5, 0.6) is 0 Å². The number of hydrogen-bond acceptors (Lipinski definition) is 4. The van der Waals surface area contributed by atoms with E-state index in [1.807, 2.05) is 6.07 Å². The third-order valence-corrected chi connectivity index (χ3v) is 3.36. The van der Waals surface area contributed by atoms with Crippen LogP contribution in [0.2, 0.25) is 0 Å². The topological polar surface area (TPSA) is 77.5 Å². The minimum Gasteiger partial charge on any atom is -0.297 e. The van der Waals surface area contributed by atoms with Crippen molar-refractivity contribution >= 4 is 17.6 Å². The zero-order valence-electron chi connectivity index (χ0n) is 11.2. The Hall–Kier alpha value is -3.02. The molecular formula is C15H11N3O3. The average Bonchev–Trinajstić information content (AvgIpc) is 2.85. The lowest BCUT2D eigenvalue weighted by molar-refractivity contribution is -0.385. The number of rotatable bonds is 3. The van der Waals surface area contributed by atoms with Crippen LogP contribution in [0.25, 0.3) is 16.9 Å². The Morgan fingerprint density at radius 1 is 1.29 bits per heavy atom. The predicted molar refractivity (Wildman–Crippen MR) is 77.4 cm³/mol. The summed E-state index contributed by atoms with van der Waals surface area (Å²) in [5, 5.41) is 11.0. The second-order valence-corrected chi connectivity index (χ2v) is 4.65. The summed E-state index contributed by atoms with van der Waals surface area (Å²) in [7, 11) is 0. The summed E-state index contributed by atoms with van der Waals surface area (Å²) in [5.74, 6) is 0. The van der Waals surface area contributed by atoms with Crippen LogP contribution in [-0.2, 0) is 0 Å². The van der Waals surface area contributed by atoms with E-state index < -0.39 is 4.92 Å². The molecule has 0 bridgehead atoms. The van der Waals surface area contributed by atoms with Crippen molar-refractivity contribution in [2.45, 2.75) is 6.92 Å². The maximum Gasteiger partial charge on any atom is 0.272 e. The van der Waals surface area contributed by atoms with E-state index in [1.54, 1.807) is 41.8 Å². The SMILES string of the molecule is Cc1ccc(-c2nc3ccccn3c2C=O)cc1[N+](=O)[O-]. The van der Waals surface area contributed by atoms with Gasteiger partial charge >= 0.3 is 0 Å². The molecule has 0 aliphatic carbocycles. The first-order valence-corrected chi connectivity index (χ1v) is 6.29. The van der Waals surface area contributed by atoms with E-state index in [0.29, 0.717) is 34.4 Å². The van der Waals surface area contributed by atoms with Gasteiger partial charge in [-0.05, 0) is 19.1 Å². The first-order valence-electron chi connectivity index (χ1n) is 6.29. The van der Waals surface area contributed by atoms with Crippen LogP contribution in [0, 0.1) is 17.0 Å². The van der Waals surface area contributed by atoms with Crippen LogP contribution in [0.4, 0.5) is 5.69 Å². The number of hydrogen-bond donors (Lipinski definition) is 0. The van der Waals surface area contributed by atoms with Crippen LogP contribution in [0.3, 0.4) is 0 Å². The minimum absolute atomic E-state index is 0.0152. The number of nitro groups is 1. The maximum atomic E-state index is 11.4. The number of fused-ring (bicyclic) bond motifs is 1. The first-order chi connectivity index (χ1) is 10.1. The summed E-state index contributed by atoms with van der Waals surface area (Å²) in [6.45, 7) is 1.67. The van der Waals surface area contributed by atoms with Crippen molar-refractivity contribution in [2.75, 3.05) is 0 Å². The molecule has 0 unspecified atom stereocenters. The fraction of sp³-hybridized carbons (Fsp3) is 0.0667. The highest BCUT2D eigenvalue weighted by Gasteiger charge is 2.17. The van der Waals surface area contributed by atoms with E-state index in [0.717, 1.165) is 0 Å². The zero-order valence-corrected chi connectivity index (χ0v) is 11.2. The fourth-order valence-electron chi connectivity index (χ4n) is 2.29. The van der Waals surface area contributed by atoms with E-state index in [4.69, 9.17) is 0 Å². The van der Waals surface area contributed by atoms with E-state index in [1.165, 1.54) is 6.07 Å². The number of aldehydes is 1. The molecule has 2 heterocycles. The summed E-state index contributed by atoms with van der Waals surface area (Å²) < 4.78 is 1.66. The summed E-state index contributed by atoms with van der Waals surface area (Å²) >= 11 is 0. The smallest absolute Gasteiger partial charge is 0.272 e. The number of imidazole rings is 1. The van der Waals surface area contributed by atoms with Crippen molar-refractivity contribution in [1.82, 2.24) is 9.38 Å². The Labute approximate surface area is 119 Å². The number of pyridine rings is 1. The molecule has 0 saturated heterocycles. The molecule has 0 spiro atoms. The molecule has 0 atom stereocenters. The van der Waals surface area contributed by atoms with Crippen LogP contribution in [0.15, 0.2) is 42.6 Å². The second-order valence-electron chi connectivity index (χ2n) is 4.65. The lowest BCUT2D eigenvalue weighted by atomic mass is 10.1. The molecule has 0 saturated carbocycles. The van der Waals surface area contributed by atoms with Gasteiger partial charge in [-0.1, -0.05) is 18.2 Å². The van der Waals surface area contributed by atoms with Gasteiger partial charge in [-0.15, -0.1) is 0 Å². The van der Waals surface area contributed by atoms with E-state index >= 15 is 0 Å². The Kier molecular flexibility index (Phi) is 2.98. The Bertz CT molecular complexity index is 868. The monoisotopic (exact) mass is 281 g/mol. The molecule has 6 heteroatoms. The van der Waals surface area contributed by atoms with E-state index in [9.17, 15) is 14.9 Å². The number of carbonyl (C=O) groups excluding carboxylic acids is 1. The van der Waals surface area contributed by atoms with Crippen molar-refractivity contribution in [1.29, 1.82) is 0 Å². The highest BCUT2D eigenvalue weighted by molar-refractivity contribution is 5.86. The van der Waals surface area contributed by atoms with Crippen molar-refractivity contribution < 1.29 is 9.72 Å². The number of benzene rings is 1. The molecule has 6 nitrogen and oxygen atoms in total. The molecule has 0 radical (unpaired) electrons. The number of nitrogens with zero attached hydrogens (tertiary/aromatic N) is 3. The van der Waals surface area contributed by atoms with Gasteiger partial charge in [0, 0.05) is 23.4 Å². The molecular weight excluding hydrogens is 270 g/mol. The summed E-state index contributed by atoms with van der Waals surface area (Å²) in [4.78, 5) is 26.4. The van der Waals surface area contributed by atoms with Crippen molar-refractivity contribution in [3.63, 3.8) is 0 Å². The van der Waals surface area contributed by atoms with Gasteiger partial charge in [0.2, 0.25) is 0 Å². The number of carbonyl (C=O) groups is 1. The van der Waals surface area contributed by atoms with Gasteiger partial charge < -0.3 is 0 Å². The van der Waals surface area contributed by atoms with Crippen LogP contribution in [0.1, 0.15) is 16.1 Å². The van der Waals surface area contributed by atoms with Gasteiger partial charge in [0.15, 0.2) is 6.29 Å². The molecule has 3 aromatic rings. The predicted octanol–water partition coefficient (Wildman–Crippen LogP) is 3.03. The lowest BCUT2D eigenvalue weighted by Gasteiger charge is -2.01. The Balaban J connectivity index is 2.27. The molecule has 2 aromatic heterocycles. The highest BCUT2D eigenvalue weighted by atomic mass is 16.6. The normalized spacial score (nSPS) is 10.7. The Morgan fingerprint density at radius 2 is 2.10 bits per heavy atom. The third-order valence-electron chi connectivity index (χ3n) is 3.36. The third kappa shape index (κ3) is 2.06. The van der Waals surface area contributed by atoms with Crippen LogP contribution in [-0.4, -0.2) is 20.6 Å². The molecule has 104 valence electrons. The molecule has 0 amide bonds. The second kappa shape index (κ2) is 4.82. The van der Waals surface area contributed by atoms with Crippen LogP contribution >= 0.6 is 0 Å². The van der Waals surface area contributed by atoms with E-state index in [2.05, 4.69) is 4.98 Å². The van der Waals surface area contributed by atoms with Gasteiger partial charge in [-0.25, -0.2) is 4.98 Å². The highest BCUT2D eigenvalue weighted by Crippen LogP contribution is 2.28. The zero-order chi connectivity index (χ0) is 15.0.